The van der Waals surface area contributed by atoms with Gasteiger partial charge in [0.25, 0.3) is 0 Å². The third-order valence-corrected chi connectivity index (χ3v) is 4.49. The molecule has 0 bridgehead atoms. The lowest BCUT2D eigenvalue weighted by Gasteiger charge is -2.17. The molecule has 1 atom stereocenters. The number of ether oxygens (including phenoxy) is 2. The van der Waals surface area contributed by atoms with Gasteiger partial charge in [-0.1, -0.05) is 30.3 Å². The molecular weight excluding hydrogens is 302 g/mol. The Balaban J connectivity index is 1.68. The number of carbonyl (C=O) groups is 1. The average molecular weight is 325 g/mol. The molecule has 0 aliphatic heterocycles. The first-order valence-electron chi connectivity index (χ1n) is 8.28. The molecule has 1 aliphatic carbocycles. The van der Waals surface area contributed by atoms with Crippen LogP contribution >= 0.6 is 0 Å². The summed E-state index contributed by atoms with van der Waals surface area (Å²) < 4.78 is 10.5. The molecule has 0 heterocycles. The summed E-state index contributed by atoms with van der Waals surface area (Å²) in [5.74, 6) is 2.21. The molecule has 0 aromatic heterocycles. The van der Waals surface area contributed by atoms with Crippen LogP contribution in [0.2, 0.25) is 0 Å². The molecular formula is C20H23NO3. The molecule has 0 spiro atoms. The molecule has 2 aromatic rings. The van der Waals surface area contributed by atoms with E-state index < -0.39 is 0 Å². The maximum absolute atomic E-state index is 12.5. The van der Waals surface area contributed by atoms with Gasteiger partial charge in [0, 0.05) is 18.2 Å². The molecule has 0 radical (unpaired) electrons. The number of amides is 1. The summed E-state index contributed by atoms with van der Waals surface area (Å²) in [7, 11) is 3.18. The monoisotopic (exact) mass is 325 g/mol. The Labute approximate surface area is 142 Å². The highest BCUT2D eigenvalue weighted by atomic mass is 16.5. The standard InChI is InChI=1S/C20H23NO3/c1-23-18-11-10-16(12-19(18)24-2)21-20(22)13-17(15-8-9-15)14-6-4-3-5-7-14/h3-7,10-12,15,17H,8-9,13H2,1-2H3,(H,21,22). The predicted molar refractivity (Wildman–Crippen MR) is 94.7 cm³/mol. The van der Waals surface area contributed by atoms with Crippen LogP contribution in [-0.2, 0) is 4.79 Å². The molecule has 0 saturated heterocycles. The van der Waals surface area contributed by atoms with E-state index >= 15 is 0 Å². The second-order valence-electron chi connectivity index (χ2n) is 6.18. The minimum absolute atomic E-state index is 0.0305. The molecule has 1 unspecified atom stereocenters. The van der Waals surface area contributed by atoms with Gasteiger partial charge in [-0.05, 0) is 42.4 Å². The van der Waals surface area contributed by atoms with Gasteiger partial charge in [-0.2, -0.15) is 0 Å². The van der Waals surface area contributed by atoms with E-state index in [1.165, 1.54) is 18.4 Å². The van der Waals surface area contributed by atoms with Crippen molar-refractivity contribution in [2.45, 2.75) is 25.2 Å². The van der Waals surface area contributed by atoms with E-state index in [1.54, 1.807) is 26.4 Å². The van der Waals surface area contributed by atoms with Gasteiger partial charge in [0.2, 0.25) is 5.91 Å². The molecule has 4 heteroatoms. The third-order valence-electron chi connectivity index (χ3n) is 4.49. The third kappa shape index (κ3) is 3.88. The number of anilines is 1. The molecule has 2 aromatic carbocycles. The number of rotatable bonds is 7. The number of methoxy groups -OCH3 is 2. The largest absolute Gasteiger partial charge is 0.493 e. The Morgan fingerprint density at radius 1 is 1.08 bits per heavy atom. The van der Waals surface area contributed by atoms with Gasteiger partial charge < -0.3 is 14.8 Å². The number of nitrogens with one attached hydrogen (secondary N) is 1. The molecule has 126 valence electrons. The van der Waals surface area contributed by atoms with Crippen molar-refractivity contribution in [2.75, 3.05) is 19.5 Å². The van der Waals surface area contributed by atoms with Gasteiger partial charge in [0.15, 0.2) is 11.5 Å². The van der Waals surface area contributed by atoms with E-state index in [-0.39, 0.29) is 5.91 Å². The highest BCUT2D eigenvalue weighted by Crippen LogP contribution is 2.44. The smallest absolute Gasteiger partial charge is 0.224 e. The fourth-order valence-electron chi connectivity index (χ4n) is 3.08. The summed E-state index contributed by atoms with van der Waals surface area (Å²) >= 11 is 0. The van der Waals surface area contributed by atoms with Crippen molar-refractivity contribution in [1.29, 1.82) is 0 Å². The number of hydrogen-bond acceptors (Lipinski definition) is 3. The van der Waals surface area contributed by atoms with E-state index in [0.717, 1.165) is 5.69 Å². The topological polar surface area (TPSA) is 47.6 Å². The summed E-state index contributed by atoms with van der Waals surface area (Å²) in [5, 5.41) is 2.98. The first-order valence-corrected chi connectivity index (χ1v) is 8.28. The number of hydrogen-bond donors (Lipinski definition) is 1. The Morgan fingerprint density at radius 3 is 2.42 bits per heavy atom. The fraction of sp³-hybridized carbons (Fsp3) is 0.350. The van der Waals surface area contributed by atoms with Gasteiger partial charge in [-0.15, -0.1) is 0 Å². The van der Waals surface area contributed by atoms with E-state index in [9.17, 15) is 4.79 Å². The van der Waals surface area contributed by atoms with Crippen molar-refractivity contribution < 1.29 is 14.3 Å². The van der Waals surface area contributed by atoms with Crippen LogP contribution in [-0.4, -0.2) is 20.1 Å². The van der Waals surface area contributed by atoms with Crippen LogP contribution < -0.4 is 14.8 Å². The van der Waals surface area contributed by atoms with Gasteiger partial charge >= 0.3 is 0 Å². The van der Waals surface area contributed by atoms with Crippen molar-refractivity contribution in [3.8, 4) is 11.5 Å². The minimum Gasteiger partial charge on any atom is -0.493 e. The van der Waals surface area contributed by atoms with Crippen molar-refractivity contribution in [2.24, 2.45) is 5.92 Å². The van der Waals surface area contributed by atoms with Crippen LogP contribution in [0.25, 0.3) is 0 Å². The Morgan fingerprint density at radius 2 is 1.79 bits per heavy atom. The highest BCUT2D eigenvalue weighted by Gasteiger charge is 2.33. The van der Waals surface area contributed by atoms with Gasteiger partial charge in [0.1, 0.15) is 0 Å². The van der Waals surface area contributed by atoms with Crippen molar-refractivity contribution in [3.63, 3.8) is 0 Å². The summed E-state index contributed by atoms with van der Waals surface area (Å²) in [6.45, 7) is 0. The van der Waals surface area contributed by atoms with Crippen molar-refractivity contribution in [3.05, 3.63) is 54.1 Å². The van der Waals surface area contributed by atoms with Gasteiger partial charge in [0.05, 0.1) is 14.2 Å². The second-order valence-corrected chi connectivity index (χ2v) is 6.18. The lowest BCUT2D eigenvalue weighted by Crippen LogP contribution is -2.16. The summed E-state index contributed by atoms with van der Waals surface area (Å²) in [6.07, 6.45) is 2.93. The van der Waals surface area contributed by atoms with Crippen LogP contribution in [0, 0.1) is 5.92 Å². The van der Waals surface area contributed by atoms with E-state index in [1.807, 2.05) is 24.3 Å². The van der Waals surface area contributed by atoms with E-state index in [0.29, 0.717) is 29.8 Å². The molecule has 1 aliphatic rings. The molecule has 1 fully saturated rings. The number of benzene rings is 2. The van der Waals surface area contributed by atoms with Crippen LogP contribution in [0.4, 0.5) is 5.69 Å². The number of carbonyl (C=O) groups excluding carboxylic acids is 1. The lowest BCUT2D eigenvalue weighted by atomic mass is 9.91. The SMILES string of the molecule is COc1ccc(NC(=O)CC(c2ccccc2)C2CC2)cc1OC. The van der Waals surface area contributed by atoms with Crippen LogP contribution in [0.15, 0.2) is 48.5 Å². The van der Waals surface area contributed by atoms with Crippen molar-refractivity contribution in [1.82, 2.24) is 0 Å². The van der Waals surface area contributed by atoms with Gasteiger partial charge in [-0.25, -0.2) is 0 Å². The first kappa shape index (κ1) is 16.4. The normalized spacial score (nSPS) is 14.8. The predicted octanol–water partition coefficient (Wildman–Crippen LogP) is 4.23. The zero-order chi connectivity index (χ0) is 16.9. The molecule has 1 N–H and O–H groups in total. The molecule has 1 saturated carbocycles. The van der Waals surface area contributed by atoms with E-state index in [4.69, 9.17) is 9.47 Å². The molecule has 24 heavy (non-hydrogen) atoms. The second kappa shape index (κ2) is 7.39. The maximum atomic E-state index is 12.5. The van der Waals surface area contributed by atoms with Crippen LogP contribution in [0.1, 0.15) is 30.7 Å². The molecule has 4 nitrogen and oxygen atoms in total. The quantitative estimate of drug-likeness (QED) is 0.829. The maximum Gasteiger partial charge on any atom is 0.224 e. The Hall–Kier alpha value is -2.49. The zero-order valence-corrected chi connectivity index (χ0v) is 14.1. The first-order chi connectivity index (χ1) is 11.7. The van der Waals surface area contributed by atoms with Crippen LogP contribution in [0.5, 0.6) is 11.5 Å². The fourth-order valence-corrected chi connectivity index (χ4v) is 3.08. The Bertz CT molecular complexity index is 695. The average Bonchev–Trinajstić information content (AvgIpc) is 3.45. The van der Waals surface area contributed by atoms with Gasteiger partial charge in [-0.3, -0.25) is 4.79 Å². The summed E-state index contributed by atoms with van der Waals surface area (Å²) in [5.41, 5.74) is 1.97. The molecule has 3 rings (SSSR count). The van der Waals surface area contributed by atoms with Crippen molar-refractivity contribution >= 4 is 11.6 Å². The lowest BCUT2D eigenvalue weighted by molar-refractivity contribution is -0.116. The minimum atomic E-state index is 0.0305. The van der Waals surface area contributed by atoms with Crippen LogP contribution in [0.3, 0.4) is 0 Å². The molecule has 1 amide bonds. The summed E-state index contributed by atoms with van der Waals surface area (Å²) in [6, 6.07) is 15.7. The Kier molecular flexibility index (Phi) is 5.04. The van der Waals surface area contributed by atoms with E-state index in [2.05, 4.69) is 17.4 Å². The highest BCUT2D eigenvalue weighted by molar-refractivity contribution is 5.91. The zero-order valence-electron chi connectivity index (χ0n) is 14.1. The summed E-state index contributed by atoms with van der Waals surface area (Å²) in [4.78, 5) is 12.5.